The summed E-state index contributed by atoms with van der Waals surface area (Å²) in [4.78, 5) is 10.1. The maximum Gasteiger partial charge on any atom is 0.328 e. The van der Waals surface area contributed by atoms with Crippen LogP contribution in [0.25, 0.3) is 6.08 Å². The van der Waals surface area contributed by atoms with Crippen LogP contribution in [-0.4, -0.2) is 16.2 Å². The molecule has 0 aliphatic rings. The molecule has 0 aromatic heterocycles. The van der Waals surface area contributed by atoms with Gasteiger partial charge in [0, 0.05) is 6.08 Å². The third kappa shape index (κ3) is 2.46. The molecule has 0 amide bonds. The normalized spacial score (nSPS) is 10.3. The van der Waals surface area contributed by atoms with E-state index in [4.69, 9.17) is 10.2 Å². The zero-order chi connectivity index (χ0) is 8.97. The van der Waals surface area contributed by atoms with Gasteiger partial charge in [-0.15, -0.1) is 0 Å². The lowest BCUT2D eigenvalue weighted by Gasteiger charge is -1.92. The Hall–Kier alpha value is -1.77. The lowest BCUT2D eigenvalue weighted by Crippen LogP contribution is -1.85. The van der Waals surface area contributed by atoms with Crippen molar-refractivity contribution in [1.82, 2.24) is 0 Å². The Bertz CT molecular complexity index is 298. The van der Waals surface area contributed by atoms with Gasteiger partial charge in [-0.25, -0.2) is 4.79 Å². The Balaban J connectivity index is 2.77. The molecule has 0 bridgehead atoms. The first-order valence-corrected chi connectivity index (χ1v) is 3.38. The largest absolute Gasteiger partial charge is 0.508 e. The number of hydrogen-bond donors (Lipinski definition) is 2. The molecule has 1 rings (SSSR count). The quantitative estimate of drug-likeness (QED) is 0.656. The standard InChI is InChI=1S/C9H8O3/c10-8-4-1-7(2-5-8)3-6-9(11)12/h1-6,10H,(H,11,12)/b6-3+/i1+1,4+1,7+1. The van der Waals surface area contributed by atoms with Gasteiger partial charge < -0.3 is 10.2 Å². The van der Waals surface area contributed by atoms with Crippen molar-refractivity contribution < 1.29 is 15.0 Å². The minimum Gasteiger partial charge on any atom is -0.508 e. The van der Waals surface area contributed by atoms with Gasteiger partial charge in [0.15, 0.2) is 0 Å². The molecule has 0 unspecified atom stereocenters. The van der Waals surface area contributed by atoms with Gasteiger partial charge in [-0.05, 0) is 23.8 Å². The second kappa shape index (κ2) is 3.57. The van der Waals surface area contributed by atoms with Crippen molar-refractivity contribution in [3.05, 3.63) is 35.9 Å². The van der Waals surface area contributed by atoms with Crippen LogP contribution in [-0.2, 0) is 4.79 Å². The summed E-state index contributed by atoms with van der Waals surface area (Å²) in [5, 5.41) is 17.2. The summed E-state index contributed by atoms with van der Waals surface area (Å²) in [7, 11) is 0. The highest BCUT2D eigenvalue weighted by atomic mass is 16.4. The number of benzene rings is 1. The number of phenolic OH excluding ortho intramolecular Hbond substituents is 1. The highest BCUT2D eigenvalue weighted by Gasteiger charge is 1.89. The van der Waals surface area contributed by atoms with Gasteiger partial charge in [-0.2, -0.15) is 0 Å². The molecule has 12 heavy (non-hydrogen) atoms. The first kappa shape index (κ1) is 8.33. The average Bonchev–Trinajstić information content (AvgIpc) is 2.03. The van der Waals surface area contributed by atoms with E-state index in [-0.39, 0.29) is 5.75 Å². The monoisotopic (exact) mass is 167 g/mol. The predicted molar refractivity (Wildman–Crippen MR) is 44.8 cm³/mol. The van der Waals surface area contributed by atoms with Gasteiger partial charge in [0.2, 0.25) is 0 Å². The summed E-state index contributed by atoms with van der Waals surface area (Å²) < 4.78 is 0. The fraction of sp³-hybridized carbons (Fsp3) is 0. The predicted octanol–water partition coefficient (Wildman–Crippen LogP) is 1.49. The topological polar surface area (TPSA) is 57.5 Å². The van der Waals surface area contributed by atoms with Crippen LogP contribution < -0.4 is 0 Å². The molecule has 62 valence electrons. The zero-order valence-corrected chi connectivity index (χ0v) is 6.27. The smallest absolute Gasteiger partial charge is 0.328 e. The molecule has 0 radical (unpaired) electrons. The molecule has 1 aromatic rings. The Kier molecular flexibility index (Phi) is 2.48. The number of carboxylic acids is 1. The molecule has 3 heteroatoms. The second-order valence-corrected chi connectivity index (χ2v) is 2.26. The lowest BCUT2D eigenvalue weighted by atomic mass is 10.5. The van der Waals surface area contributed by atoms with Crippen LogP contribution in [0.15, 0.2) is 30.3 Å². The summed E-state index contributed by atoms with van der Waals surface area (Å²) in [6, 6.07) is 6.27. The third-order valence-corrected chi connectivity index (χ3v) is 1.31. The van der Waals surface area contributed by atoms with Gasteiger partial charge in [0.25, 0.3) is 0 Å². The van der Waals surface area contributed by atoms with Gasteiger partial charge in [0.05, 0.1) is 0 Å². The van der Waals surface area contributed by atoms with Crippen LogP contribution >= 0.6 is 0 Å². The van der Waals surface area contributed by atoms with Crippen LogP contribution in [0.1, 0.15) is 5.56 Å². The summed E-state index contributed by atoms with van der Waals surface area (Å²) in [6.45, 7) is 0. The molecule has 0 aliphatic heterocycles. The van der Waals surface area contributed by atoms with E-state index in [1.807, 2.05) is 0 Å². The van der Waals surface area contributed by atoms with E-state index < -0.39 is 5.97 Å². The number of carboxylic acid groups (broad SMARTS) is 1. The highest BCUT2D eigenvalue weighted by Crippen LogP contribution is 2.10. The molecule has 0 saturated carbocycles. The van der Waals surface area contributed by atoms with E-state index in [1.165, 1.54) is 18.2 Å². The molecule has 3 nitrogen and oxygen atoms in total. The molecule has 0 heterocycles. The SMILES string of the molecule is O=C(O)/C=C/[13c]1ccc(O)[13cH][13cH]1. The summed E-state index contributed by atoms with van der Waals surface area (Å²) >= 11 is 0. The van der Waals surface area contributed by atoms with Crippen molar-refractivity contribution in [3.63, 3.8) is 0 Å². The van der Waals surface area contributed by atoms with E-state index in [0.29, 0.717) is 0 Å². The van der Waals surface area contributed by atoms with Crippen LogP contribution in [0.3, 0.4) is 0 Å². The highest BCUT2D eigenvalue weighted by molar-refractivity contribution is 5.85. The molecular weight excluding hydrogens is 159 g/mol. The van der Waals surface area contributed by atoms with Crippen LogP contribution in [0.4, 0.5) is 0 Å². The van der Waals surface area contributed by atoms with Crippen LogP contribution in [0.5, 0.6) is 5.75 Å². The van der Waals surface area contributed by atoms with Crippen LogP contribution in [0.2, 0.25) is 0 Å². The van der Waals surface area contributed by atoms with Crippen molar-refractivity contribution in [1.29, 1.82) is 0 Å². The summed E-state index contributed by atoms with van der Waals surface area (Å²) in [5.41, 5.74) is 0.746. The van der Waals surface area contributed by atoms with Crippen molar-refractivity contribution in [2.24, 2.45) is 0 Å². The zero-order valence-electron chi connectivity index (χ0n) is 6.27. The summed E-state index contributed by atoms with van der Waals surface area (Å²) in [6.07, 6.45) is 2.51. The number of phenols is 1. The Morgan fingerprint density at radius 3 is 2.33 bits per heavy atom. The maximum absolute atomic E-state index is 10.1. The Morgan fingerprint density at radius 2 is 1.83 bits per heavy atom. The number of aromatic hydroxyl groups is 1. The minimum atomic E-state index is -0.983. The first-order chi connectivity index (χ1) is 5.68. The lowest BCUT2D eigenvalue weighted by molar-refractivity contribution is -0.131. The number of rotatable bonds is 2. The fourth-order valence-electron chi connectivity index (χ4n) is 0.753. The molecule has 0 spiro atoms. The van der Waals surface area contributed by atoms with Gasteiger partial charge in [0.1, 0.15) is 5.75 Å². The van der Waals surface area contributed by atoms with Gasteiger partial charge in [-0.1, -0.05) is 12.1 Å². The summed E-state index contributed by atoms with van der Waals surface area (Å²) in [5.74, 6) is -0.814. The van der Waals surface area contributed by atoms with Crippen molar-refractivity contribution in [3.8, 4) is 5.75 Å². The molecule has 0 atom stereocenters. The maximum atomic E-state index is 10.1. The van der Waals surface area contributed by atoms with Crippen LogP contribution in [0, 0.1) is 0 Å². The first-order valence-electron chi connectivity index (χ1n) is 3.38. The molecular formula is C9H8O3. The Morgan fingerprint density at radius 1 is 1.25 bits per heavy atom. The number of hydrogen-bond acceptors (Lipinski definition) is 2. The van der Waals surface area contributed by atoms with Crippen molar-refractivity contribution in [2.45, 2.75) is 0 Å². The van der Waals surface area contributed by atoms with Gasteiger partial charge in [-0.3, -0.25) is 0 Å². The number of aliphatic carboxylic acids is 1. The second-order valence-electron chi connectivity index (χ2n) is 2.26. The van der Waals surface area contributed by atoms with Crippen molar-refractivity contribution >= 4 is 12.0 Å². The van der Waals surface area contributed by atoms with E-state index in [1.54, 1.807) is 12.1 Å². The average molecular weight is 167 g/mol. The minimum absolute atomic E-state index is 0.169. The van der Waals surface area contributed by atoms with E-state index in [0.717, 1.165) is 11.6 Å². The van der Waals surface area contributed by atoms with Gasteiger partial charge >= 0.3 is 5.97 Å². The van der Waals surface area contributed by atoms with Crippen molar-refractivity contribution in [2.75, 3.05) is 0 Å². The number of carbonyl (C=O) groups is 1. The van der Waals surface area contributed by atoms with E-state index >= 15 is 0 Å². The van der Waals surface area contributed by atoms with E-state index in [2.05, 4.69) is 0 Å². The molecule has 1 aromatic carbocycles. The molecule has 0 aliphatic carbocycles. The molecule has 0 fully saturated rings. The molecule has 0 saturated heterocycles. The van der Waals surface area contributed by atoms with E-state index in [9.17, 15) is 4.79 Å². The third-order valence-electron chi connectivity index (χ3n) is 1.31. The Labute approximate surface area is 69.6 Å². The fourth-order valence-corrected chi connectivity index (χ4v) is 0.753. The molecule has 2 N–H and O–H groups in total.